The predicted molar refractivity (Wildman–Crippen MR) is 131 cm³/mol. The lowest BCUT2D eigenvalue weighted by Crippen LogP contribution is -2.39. The molecule has 0 unspecified atom stereocenters. The Labute approximate surface area is 217 Å². The number of ether oxygens (including phenoxy) is 2. The second-order valence-corrected chi connectivity index (χ2v) is 10.4. The van der Waals surface area contributed by atoms with Gasteiger partial charge in [0.05, 0.1) is 18.3 Å². The largest absolute Gasteiger partial charge is 0.573 e. The summed E-state index contributed by atoms with van der Waals surface area (Å²) in [7, 11) is 0. The molecule has 2 aromatic heterocycles. The number of rotatable bonds is 8. The molecule has 3 fully saturated rings. The Hall–Kier alpha value is -3.58. The van der Waals surface area contributed by atoms with Crippen LogP contribution in [0.3, 0.4) is 0 Å². The molecule has 1 N–H and O–H groups in total. The van der Waals surface area contributed by atoms with Crippen molar-refractivity contribution < 1.29 is 27.2 Å². The topological polar surface area (TPSA) is 93.2 Å². The molecule has 3 saturated carbocycles. The Morgan fingerprint density at radius 3 is 2.47 bits per heavy atom. The van der Waals surface area contributed by atoms with Gasteiger partial charge in [0, 0.05) is 29.3 Å². The molecule has 2 bridgehead atoms. The number of nitriles is 1. The zero-order valence-electron chi connectivity index (χ0n) is 20.6. The van der Waals surface area contributed by atoms with Crippen LogP contribution in [0.1, 0.15) is 61.3 Å². The summed E-state index contributed by atoms with van der Waals surface area (Å²) in [5, 5.41) is 16.7. The number of alkyl halides is 3. The van der Waals surface area contributed by atoms with Crippen LogP contribution in [0, 0.1) is 23.2 Å². The average molecular weight is 525 g/mol. The highest BCUT2D eigenvalue weighted by atomic mass is 19.4. The minimum absolute atomic E-state index is 0.0379. The Balaban J connectivity index is 1.16. The van der Waals surface area contributed by atoms with E-state index in [1.807, 2.05) is 6.07 Å². The van der Waals surface area contributed by atoms with E-state index < -0.39 is 6.36 Å². The van der Waals surface area contributed by atoms with Gasteiger partial charge in [-0.15, -0.1) is 13.2 Å². The van der Waals surface area contributed by atoms with E-state index in [1.165, 1.54) is 12.1 Å². The van der Waals surface area contributed by atoms with Gasteiger partial charge in [-0.05, 0) is 74.6 Å². The normalized spacial score (nSPS) is 24.7. The molecule has 6 rings (SSSR count). The molecule has 3 aromatic rings. The van der Waals surface area contributed by atoms with Crippen LogP contribution in [0.15, 0.2) is 47.1 Å². The lowest BCUT2D eigenvalue weighted by Gasteiger charge is -2.36. The summed E-state index contributed by atoms with van der Waals surface area (Å²) >= 11 is 0. The van der Waals surface area contributed by atoms with Gasteiger partial charge in [-0.25, -0.2) is 4.98 Å². The first-order valence-electron chi connectivity index (χ1n) is 13.0. The number of pyridine rings is 1. The van der Waals surface area contributed by atoms with Crippen LogP contribution in [-0.4, -0.2) is 28.6 Å². The second kappa shape index (κ2) is 9.95. The number of fused-ring (bicyclic) bond motifs is 2. The summed E-state index contributed by atoms with van der Waals surface area (Å²) in [6.07, 6.45) is 2.71. The van der Waals surface area contributed by atoms with Crippen LogP contribution in [0.2, 0.25) is 0 Å². The molecule has 0 aliphatic heterocycles. The number of halogens is 3. The maximum absolute atomic E-state index is 13.0. The van der Waals surface area contributed by atoms with E-state index in [0.717, 1.165) is 44.3 Å². The first-order valence-corrected chi connectivity index (χ1v) is 13.0. The highest BCUT2D eigenvalue weighted by Gasteiger charge is 2.44. The summed E-state index contributed by atoms with van der Waals surface area (Å²) in [6.45, 7) is 0.227. The van der Waals surface area contributed by atoms with E-state index in [9.17, 15) is 13.2 Å². The highest BCUT2D eigenvalue weighted by Crippen LogP contribution is 2.47. The maximum atomic E-state index is 13.0. The van der Waals surface area contributed by atoms with Gasteiger partial charge in [0.2, 0.25) is 0 Å². The van der Waals surface area contributed by atoms with Crippen molar-refractivity contribution in [2.24, 2.45) is 11.8 Å². The number of nitrogens with zero attached hydrogens (tertiary/aromatic N) is 3. The molecule has 4 atom stereocenters. The Bertz CT molecular complexity index is 1320. The first kappa shape index (κ1) is 24.7. The van der Waals surface area contributed by atoms with Crippen LogP contribution in [0.4, 0.5) is 19.0 Å². The third-order valence-corrected chi connectivity index (χ3v) is 7.86. The van der Waals surface area contributed by atoms with E-state index in [0.29, 0.717) is 40.5 Å². The standard InChI is InChI=1S/C28H27F3N4O3/c29-28(30,31)37-23-4-2-1-3-21(23)26-22(27(38-35-26)17-6-7-17)15-36-20-11-18-8-9-19(12-20)25(18)34-24-10-5-16(13-32)14-33-24/h1-5,10,14,17-20,25H,6-9,11-12,15H2,(H,33,34)/t18-,19+,20+,25-. The number of benzene rings is 1. The molecule has 2 heterocycles. The van der Waals surface area contributed by atoms with E-state index >= 15 is 0 Å². The SMILES string of the molecule is N#Cc1ccc(N[C@@H]2[C@@H]3CC[C@H]2C[C@@H](OCc2c(-c4ccccc4OC(F)(F)F)noc2C2CC2)C3)nc1. The predicted octanol–water partition coefficient (Wildman–Crippen LogP) is 6.57. The molecule has 10 heteroatoms. The quantitative estimate of drug-likeness (QED) is 0.356. The smallest absolute Gasteiger partial charge is 0.405 e. The minimum Gasteiger partial charge on any atom is -0.405 e. The van der Waals surface area contributed by atoms with E-state index in [2.05, 4.69) is 26.3 Å². The number of hydrogen-bond donors (Lipinski definition) is 1. The summed E-state index contributed by atoms with van der Waals surface area (Å²) in [5.74, 6) is 2.25. The zero-order valence-corrected chi connectivity index (χ0v) is 20.6. The summed E-state index contributed by atoms with van der Waals surface area (Å²) < 4.78 is 55.5. The fourth-order valence-electron chi connectivity index (χ4n) is 5.98. The van der Waals surface area contributed by atoms with Crippen LogP contribution < -0.4 is 10.1 Å². The summed E-state index contributed by atoms with van der Waals surface area (Å²) in [4.78, 5) is 4.37. The Morgan fingerprint density at radius 1 is 1.05 bits per heavy atom. The molecular weight excluding hydrogens is 497 g/mol. The van der Waals surface area contributed by atoms with E-state index in [4.69, 9.17) is 14.5 Å². The monoisotopic (exact) mass is 524 g/mol. The van der Waals surface area contributed by atoms with Crippen molar-refractivity contribution in [2.75, 3.05) is 5.32 Å². The van der Waals surface area contributed by atoms with Crippen molar-refractivity contribution >= 4 is 5.82 Å². The van der Waals surface area contributed by atoms with E-state index in [1.54, 1.807) is 24.4 Å². The Kier molecular flexibility index (Phi) is 6.48. The molecular formula is C28H27F3N4O3. The molecule has 1 aromatic carbocycles. The van der Waals surface area contributed by atoms with Gasteiger partial charge in [0.1, 0.15) is 29.1 Å². The fraction of sp³-hybridized carbons (Fsp3) is 0.464. The molecule has 38 heavy (non-hydrogen) atoms. The first-order chi connectivity index (χ1) is 18.4. The number of para-hydroxylation sites is 1. The molecule has 198 valence electrons. The molecule has 0 saturated heterocycles. The number of aromatic nitrogens is 2. The van der Waals surface area contributed by atoms with E-state index in [-0.39, 0.29) is 29.9 Å². The number of nitrogens with one attached hydrogen (secondary N) is 1. The van der Waals surface area contributed by atoms with Crippen LogP contribution in [-0.2, 0) is 11.3 Å². The fourth-order valence-corrected chi connectivity index (χ4v) is 5.98. The lowest BCUT2D eigenvalue weighted by atomic mass is 9.82. The molecule has 0 amide bonds. The van der Waals surface area contributed by atoms with Gasteiger partial charge in [-0.3, -0.25) is 0 Å². The van der Waals surface area contributed by atoms with Crippen LogP contribution in [0.5, 0.6) is 5.75 Å². The zero-order chi connectivity index (χ0) is 26.3. The van der Waals surface area contributed by atoms with Gasteiger partial charge < -0.3 is 19.3 Å². The molecule has 0 radical (unpaired) electrons. The molecule has 7 nitrogen and oxygen atoms in total. The molecule has 3 aliphatic rings. The lowest BCUT2D eigenvalue weighted by molar-refractivity contribution is -0.274. The summed E-state index contributed by atoms with van der Waals surface area (Å²) in [5.41, 5.74) is 1.82. The van der Waals surface area contributed by atoms with Gasteiger partial charge in [0.25, 0.3) is 0 Å². The molecule has 3 aliphatic carbocycles. The van der Waals surface area contributed by atoms with Gasteiger partial charge in [-0.2, -0.15) is 5.26 Å². The third kappa shape index (κ3) is 5.20. The minimum atomic E-state index is -4.81. The van der Waals surface area contributed by atoms with Crippen LogP contribution in [0.25, 0.3) is 11.3 Å². The third-order valence-electron chi connectivity index (χ3n) is 7.86. The number of anilines is 1. The van der Waals surface area contributed by atoms with Crippen molar-refractivity contribution in [3.05, 3.63) is 59.5 Å². The summed E-state index contributed by atoms with van der Waals surface area (Å²) in [6, 6.07) is 12.0. The van der Waals surface area contributed by atoms with Crippen molar-refractivity contribution in [1.29, 1.82) is 5.26 Å². The van der Waals surface area contributed by atoms with Crippen molar-refractivity contribution in [3.63, 3.8) is 0 Å². The number of hydrogen-bond acceptors (Lipinski definition) is 7. The van der Waals surface area contributed by atoms with Crippen molar-refractivity contribution in [1.82, 2.24) is 10.1 Å². The average Bonchev–Trinajstić information content (AvgIpc) is 3.61. The Morgan fingerprint density at radius 2 is 1.82 bits per heavy atom. The highest BCUT2D eigenvalue weighted by molar-refractivity contribution is 5.70. The van der Waals surface area contributed by atoms with Gasteiger partial charge in [-0.1, -0.05) is 17.3 Å². The second-order valence-electron chi connectivity index (χ2n) is 10.4. The maximum Gasteiger partial charge on any atom is 0.573 e. The van der Waals surface area contributed by atoms with Crippen molar-refractivity contribution in [2.45, 2.75) is 69.6 Å². The van der Waals surface area contributed by atoms with Gasteiger partial charge >= 0.3 is 6.36 Å². The van der Waals surface area contributed by atoms with Gasteiger partial charge in [0.15, 0.2) is 0 Å². The molecule has 0 spiro atoms. The van der Waals surface area contributed by atoms with Crippen molar-refractivity contribution in [3.8, 4) is 23.1 Å². The van der Waals surface area contributed by atoms with Crippen LogP contribution >= 0.6 is 0 Å².